The summed E-state index contributed by atoms with van der Waals surface area (Å²) in [6, 6.07) is 1.88. The maximum Gasteiger partial charge on any atom is 0.137 e. The van der Waals surface area contributed by atoms with Crippen molar-refractivity contribution in [2.75, 3.05) is 7.11 Å². The molecule has 0 radical (unpaired) electrons. The smallest absolute Gasteiger partial charge is 0.137 e. The Morgan fingerprint density at radius 1 is 1.67 bits per heavy atom. The van der Waals surface area contributed by atoms with Crippen LogP contribution in [0.4, 0.5) is 0 Å². The van der Waals surface area contributed by atoms with Gasteiger partial charge in [-0.1, -0.05) is 12.2 Å². The van der Waals surface area contributed by atoms with Crippen molar-refractivity contribution >= 4 is 6.08 Å². The van der Waals surface area contributed by atoms with Gasteiger partial charge in [0, 0.05) is 5.69 Å². The molecule has 0 aliphatic heterocycles. The van der Waals surface area contributed by atoms with Gasteiger partial charge in [0.25, 0.3) is 0 Å². The van der Waals surface area contributed by atoms with Crippen molar-refractivity contribution in [2.45, 2.75) is 12.8 Å². The lowest BCUT2D eigenvalue weighted by Gasteiger charge is -2.09. The molecule has 2 rings (SSSR count). The van der Waals surface area contributed by atoms with E-state index < -0.39 is 0 Å². The number of fused-ring (bicyclic) bond motifs is 1. The van der Waals surface area contributed by atoms with E-state index >= 15 is 0 Å². The fraction of sp³-hybridized carbons (Fsp3) is 0.300. The standard InChI is InChI=1S/C10H11NO/c1-12-9-6-8-4-2-3-5-10(8)11-7-9/h2,4,6-7H,3,5H2,1H3/i7D. The van der Waals surface area contributed by atoms with Crippen molar-refractivity contribution in [1.29, 1.82) is 0 Å². The molecule has 1 aromatic heterocycles. The number of nitrogens with zero attached hydrogens (tertiary/aromatic N) is 1. The van der Waals surface area contributed by atoms with E-state index in [-0.39, 0.29) is 6.17 Å². The number of pyridine rings is 1. The number of aromatic nitrogens is 1. The Labute approximate surface area is 73.3 Å². The van der Waals surface area contributed by atoms with E-state index in [1.807, 2.05) is 12.1 Å². The fourth-order valence-electron chi connectivity index (χ4n) is 1.32. The van der Waals surface area contributed by atoms with Gasteiger partial charge in [-0.25, -0.2) is 0 Å². The Morgan fingerprint density at radius 3 is 3.42 bits per heavy atom. The van der Waals surface area contributed by atoms with E-state index in [9.17, 15) is 0 Å². The summed E-state index contributed by atoms with van der Waals surface area (Å²) in [5, 5.41) is 0. The van der Waals surface area contributed by atoms with Crippen LogP contribution in [-0.4, -0.2) is 12.1 Å². The maximum atomic E-state index is 7.55. The third kappa shape index (κ3) is 1.20. The summed E-state index contributed by atoms with van der Waals surface area (Å²) in [7, 11) is 1.56. The van der Waals surface area contributed by atoms with Gasteiger partial charge in [-0.3, -0.25) is 4.98 Å². The Kier molecular flexibility index (Phi) is 1.54. The first-order valence-electron chi connectivity index (χ1n) is 4.52. The first-order valence-corrected chi connectivity index (χ1v) is 4.02. The summed E-state index contributed by atoms with van der Waals surface area (Å²) in [5.41, 5.74) is 2.09. The number of methoxy groups -OCH3 is 1. The Hall–Kier alpha value is -1.31. The van der Waals surface area contributed by atoms with Crippen molar-refractivity contribution in [3.8, 4) is 5.75 Å². The van der Waals surface area contributed by atoms with Crippen LogP contribution in [0.3, 0.4) is 0 Å². The van der Waals surface area contributed by atoms with Gasteiger partial charge < -0.3 is 4.74 Å². The molecule has 0 saturated carbocycles. The normalized spacial score (nSPS) is 15.2. The molecule has 0 spiro atoms. The first-order chi connectivity index (χ1) is 6.31. The van der Waals surface area contributed by atoms with Gasteiger partial charge in [-0.2, -0.15) is 0 Å². The minimum Gasteiger partial charge on any atom is -0.495 e. The molecule has 0 atom stereocenters. The highest BCUT2D eigenvalue weighted by atomic mass is 16.5. The van der Waals surface area contributed by atoms with E-state index in [0.717, 1.165) is 24.1 Å². The van der Waals surface area contributed by atoms with Crippen LogP contribution in [-0.2, 0) is 6.42 Å². The minimum absolute atomic E-state index is 0.233. The van der Waals surface area contributed by atoms with Gasteiger partial charge in [-0.15, -0.1) is 0 Å². The fourth-order valence-corrected chi connectivity index (χ4v) is 1.32. The molecular weight excluding hydrogens is 150 g/mol. The molecular formula is C10H11NO. The number of hydrogen-bond donors (Lipinski definition) is 0. The molecule has 1 aliphatic carbocycles. The van der Waals surface area contributed by atoms with Crippen molar-refractivity contribution in [1.82, 2.24) is 4.98 Å². The average Bonchev–Trinajstić information content (AvgIpc) is 2.17. The largest absolute Gasteiger partial charge is 0.495 e. The van der Waals surface area contributed by atoms with Crippen molar-refractivity contribution < 1.29 is 6.11 Å². The van der Waals surface area contributed by atoms with Crippen LogP contribution >= 0.6 is 0 Å². The summed E-state index contributed by atoms with van der Waals surface area (Å²) in [6.45, 7) is 0. The van der Waals surface area contributed by atoms with Gasteiger partial charge in [0.2, 0.25) is 0 Å². The minimum atomic E-state index is 0.233. The van der Waals surface area contributed by atoms with Crippen LogP contribution in [0.5, 0.6) is 5.75 Å². The van der Waals surface area contributed by atoms with Gasteiger partial charge >= 0.3 is 0 Å². The molecule has 62 valence electrons. The molecule has 0 N–H and O–H groups in total. The van der Waals surface area contributed by atoms with E-state index in [2.05, 4.69) is 11.1 Å². The van der Waals surface area contributed by atoms with Crippen LogP contribution in [0.25, 0.3) is 6.08 Å². The monoisotopic (exact) mass is 162 g/mol. The van der Waals surface area contributed by atoms with Crippen LogP contribution in [0.2, 0.25) is 0 Å². The Balaban J connectivity index is 2.52. The molecule has 1 aromatic rings. The zero-order chi connectivity index (χ0) is 9.26. The zero-order valence-electron chi connectivity index (χ0n) is 8.00. The van der Waals surface area contributed by atoms with Crippen molar-refractivity contribution in [3.63, 3.8) is 0 Å². The molecule has 1 aliphatic rings. The highest BCUT2D eigenvalue weighted by molar-refractivity contribution is 5.55. The SMILES string of the molecule is [2H]c1nc2c(cc1OC)C=CCC2. The van der Waals surface area contributed by atoms with E-state index in [1.54, 1.807) is 7.11 Å². The van der Waals surface area contributed by atoms with Crippen LogP contribution in [0.15, 0.2) is 18.3 Å². The topological polar surface area (TPSA) is 22.1 Å². The summed E-state index contributed by atoms with van der Waals surface area (Å²) in [4.78, 5) is 4.17. The summed E-state index contributed by atoms with van der Waals surface area (Å²) < 4.78 is 12.6. The predicted molar refractivity (Wildman–Crippen MR) is 48.1 cm³/mol. The lowest BCUT2D eigenvalue weighted by Crippen LogP contribution is -1.98. The van der Waals surface area contributed by atoms with E-state index in [0.29, 0.717) is 5.75 Å². The van der Waals surface area contributed by atoms with Crippen molar-refractivity contribution in [3.05, 3.63) is 29.6 Å². The molecule has 0 aromatic carbocycles. The highest BCUT2D eigenvalue weighted by Gasteiger charge is 2.05. The quantitative estimate of drug-likeness (QED) is 0.630. The van der Waals surface area contributed by atoms with Gasteiger partial charge in [0.1, 0.15) is 5.75 Å². The number of ether oxygens (including phenoxy) is 1. The second kappa shape index (κ2) is 2.97. The lowest BCUT2D eigenvalue weighted by molar-refractivity contribution is 0.412. The Bertz CT molecular complexity index is 360. The summed E-state index contributed by atoms with van der Waals surface area (Å²) in [6.07, 6.45) is 6.34. The molecule has 0 fully saturated rings. The number of rotatable bonds is 1. The van der Waals surface area contributed by atoms with Gasteiger partial charge in [-0.05, 0) is 24.5 Å². The molecule has 12 heavy (non-hydrogen) atoms. The van der Waals surface area contributed by atoms with Gasteiger partial charge in [0.05, 0.1) is 14.7 Å². The van der Waals surface area contributed by atoms with Crippen LogP contribution in [0, 0.1) is 0 Å². The number of hydrogen-bond acceptors (Lipinski definition) is 2. The number of aryl methyl sites for hydroxylation is 1. The van der Waals surface area contributed by atoms with E-state index in [4.69, 9.17) is 6.11 Å². The third-order valence-electron chi connectivity index (χ3n) is 1.99. The van der Waals surface area contributed by atoms with Crippen LogP contribution < -0.4 is 4.74 Å². The maximum absolute atomic E-state index is 7.55. The molecule has 2 nitrogen and oxygen atoms in total. The second-order valence-electron chi connectivity index (χ2n) is 2.78. The average molecular weight is 162 g/mol. The van der Waals surface area contributed by atoms with Crippen LogP contribution in [0.1, 0.15) is 19.0 Å². The Morgan fingerprint density at radius 2 is 2.58 bits per heavy atom. The van der Waals surface area contributed by atoms with Crippen molar-refractivity contribution in [2.24, 2.45) is 0 Å². The highest BCUT2D eigenvalue weighted by Crippen LogP contribution is 2.20. The summed E-state index contributed by atoms with van der Waals surface area (Å²) in [5.74, 6) is 0.547. The zero-order valence-corrected chi connectivity index (χ0v) is 7.00. The molecule has 0 saturated heterocycles. The van der Waals surface area contributed by atoms with Gasteiger partial charge in [0.15, 0.2) is 0 Å². The predicted octanol–water partition coefficient (Wildman–Crippen LogP) is 2.05. The third-order valence-corrected chi connectivity index (χ3v) is 1.99. The molecule has 0 amide bonds. The molecule has 1 heterocycles. The summed E-state index contributed by atoms with van der Waals surface area (Å²) >= 11 is 0. The lowest BCUT2D eigenvalue weighted by atomic mass is 10.0. The first kappa shape index (κ1) is 6.23. The molecule has 2 heteroatoms. The second-order valence-corrected chi connectivity index (χ2v) is 2.78. The number of allylic oxidation sites excluding steroid dienone is 1. The molecule has 0 unspecified atom stereocenters. The van der Waals surface area contributed by atoms with E-state index in [1.165, 1.54) is 0 Å². The molecule has 0 bridgehead atoms.